The Morgan fingerprint density at radius 2 is 1.68 bits per heavy atom. The third-order valence-corrected chi connectivity index (χ3v) is 4.43. The number of hydrogen-bond acceptors (Lipinski definition) is 5. The van der Waals surface area contributed by atoms with Crippen molar-refractivity contribution in [1.29, 1.82) is 0 Å². The number of thiazole rings is 1. The van der Waals surface area contributed by atoms with Crippen molar-refractivity contribution in [3.63, 3.8) is 0 Å². The molecule has 0 spiro atoms. The Balaban J connectivity index is 1.64. The summed E-state index contributed by atoms with van der Waals surface area (Å²) >= 11 is 1.73. The van der Waals surface area contributed by atoms with E-state index >= 15 is 0 Å². The van der Waals surface area contributed by atoms with Gasteiger partial charge in [0.05, 0.1) is 5.69 Å². The van der Waals surface area contributed by atoms with Gasteiger partial charge in [-0.05, 0) is 31.2 Å². The number of rotatable bonds is 2. The highest BCUT2D eigenvalue weighted by atomic mass is 32.1. The van der Waals surface area contributed by atoms with Crippen LogP contribution in [0.3, 0.4) is 0 Å². The molecular weight excluding hydrogens is 256 g/mol. The molecule has 1 saturated heterocycles. The van der Waals surface area contributed by atoms with Crippen molar-refractivity contribution in [2.75, 3.05) is 41.7 Å². The van der Waals surface area contributed by atoms with Crippen molar-refractivity contribution < 1.29 is 0 Å². The minimum absolute atomic E-state index is 0.820. The van der Waals surface area contributed by atoms with E-state index in [-0.39, 0.29) is 0 Å². The van der Waals surface area contributed by atoms with E-state index < -0.39 is 0 Å². The van der Waals surface area contributed by atoms with Crippen LogP contribution in [0.2, 0.25) is 0 Å². The summed E-state index contributed by atoms with van der Waals surface area (Å²) in [5.74, 6) is 0. The molecule has 0 radical (unpaired) electrons. The van der Waals surface area contributed by atoms with Crippen LogP contribution in [0.4, 0.5) is 16.5 Å². The van der Waals surface area contributed by atoms with E-state index in [1.165, 1.54) is 5.69 Å². The molecule has 19 heavy (non-hydrogen) atoms. The van der Waals surface area contributed by atoms with Crippen LogP contribution in [0, 0.1) is 6.92 Å². The second-order valence-electron chi connectivity index (χ2n) is 4.84. The van der Waals surface area contributed by atoms with Crippen molar-refractivity contribution in [2.45, 2.75) is 6.92 Å². The summed E-state index contributed by atoms with van der Waals surface area (Å²) < 4.78 is 0. The second kappa shape index (κ2) is 5.09. The van der Waals surface area contributed by atoms with Crippen LogP contribution in [0.25, 0.3) is 0 Å². The molecule has 1 aromatic carbocycles. The maximum absolute atomic E-state index is 5.72. The number of hydrogen-bond donors (Lipinski definition) is 1. The Bertz CT molecular complexity index is 541. The molecule has 1 aliphatic rings. The average Bonchev–Trinajstić information content (AvgIpc) is 2.87. The van der Waals surface area contributed by atoms with Crippen molar-refractivity contribution >= 4 is 27.8 Å². The van der Waals surface area contributed by atoms with Gasteiger partial charge in [-0.25, -0.2) is 4.98 Å². The number of piperazine rings is 1. The highest BCUT2D eigenvalue weighted by molar-refractivity contribution is 7.13. The lowest BCUT2D eigenvalue weighted by atomic mass is 10.2. The topological polar surface area (TPSA) is 45.4 Å². The molecule has 1 aromatic heterocycles. The first-order valence-corrected chi connectivity index (χ1v) is 7.38. The number of benzene rings is 1. The van der Waals surface area contributed by atoms with Gasteiger partial charge in [0, 0.05) is 42.9 Å². The highest BCUT2D eigenvalue weighted by Gasteiger charge is 2.19. The van der Waals surface area contributed by atoms with Gasteiger partial charge < -0.3 is 15.5 Å². The molecule has 100 valence electrons. The molecule has 3 rings (SSSR count). The van der Waals surface area contributed by atoms with Crippen molar-refractivity contribution in [3.8, 4) is 0 Å². The molecule has 5 heteroatoms. The molecule has 0 saturated carbocycles. The standard InChI is InChI=1S/C14H18N4S/c1-11-10-19-14(16-11)18-8-6-17(7-9-18)13-4-2-12(15)3-5-13/h2-5,10H,6-9,15H2,1H3. The smallest absolute Gasteiger partial charge is 0.185 e. The van der Waals surface area contributed by atoms with Crippen LogP contribution < -0.4 is 15.5 Å². The molecule has 1 aliphatic heterocycles. The largest absolute Gasteiger partial charge is 0.399 e. The lowest BCUT2D eigenvalue weighted by Crippen LogP contribution is -2.46. The first-order valence-electron chi connectivity index (χ1n) is 6.50. The number of nitrogen functional groups attached to an aromatic ring is 1. The van der Waals surface area contributed by atoms with E-state index in [4.69, 9.17) is 5.73 Å². The summed E-state index contributed by atoms with van der Waals surface area (Å²) in [6, 6.07) is 8.12. The lowest BCUT2D eigenvalue weighted by molar-refractivity contribution is 0.652. The van der Waals surface area contributed by atoms with Crippen LogP contribution in [0.15, 0.2) is 29.6 Å². The summed E-state index contributed by atoms with van der Waals surface area (Å²) in [4.78, 5) is 9.32. The normalized spacial score (nSPS) is 15.8. The SMILES string of the molecule is Cc1csc(N2CCN(c3ccc(N)cc3)CC2)n1. The third kappa shape index (κ3) is 2.66. The zero-order valence-electron chi connectivity index (χ0n) is 11.0. The van der Waals surface area contributed by atoms with Gasteiger partial charge in [0.1, 0.15) is 0 Å². The quantitative estimate of drug-likeness (QED) is 0.854. The van der Waals surface area contributed by atoms with E-state index in [1.807, 2.05) is 19.1 Å². The van der Waals surface area contributed by atoms with Crippen molar-refractivity contribution in [2.24, 2.45) is 0 Å². The van der Waals surface area contributed by atoms with Gasteiger partial charge in [0.15, 0.2) is 5.13 Å². The summed E-state index contributed by atoms with van der Waals surface area (Å²) in [6.07, 6.45) is 0. The van der Waals surface area contributed by atoms with E-state index in [9.17, 15) is 0 Å². The predicted molar refractivity (Wildman–Crippen MR) is 82.1 cm³/mol. The summed E-state index contributed by atoms with van der Waals surface area (Å²) in [7, 11) is 0. The third-order valence-electron chi connectivity index (χ3n) is 3.42. The van der Waals surface area contributed by atoms with Gasteiger partial charge in [0.2, 0.25) is 0 Å². The second-order valence-corrected chi connectivity index (χ2v) is 5.67. The Hall–Kier alpha value is -1.75. The number of aromatic nitrogens is 1. The van der Waals surface area contributed by atoms with E-state index in [2.05, 4.69) is 32.3 Å². The average molecular weight is 274 g/mol. The molecule has 0 aliphatic carbocycles. The zero-order chi connectivity index (χ0) is 13.2. The monoisotopic (exact) mass is 274 g/mol. The Kier molecular flexibility index (Phi) is 3.29. The maximum Gasteiger partial charge on any atom is 0.185 e. The Morgan fingerprint density at radius 3 is 2.26 bits per heavy atom. The molecule has 0 atom stereocenters. The molecule has 0 amide bonds. The molecule has 2 N–H and O–H groups in total. The number of anilines is 3. The molecule has 0 unspecified atom stereocenters. The summed E-state index contributed by atoms with van der Waals surface area (Å²) in [5, 5.41) is 3.26. The Morgan fingerprint density at radius 1 is 1.05 bits per heavy atom. The zero-order valence-corrected chi connectivity index (χ0v) is 11.9. The number of aryl methyl sites for hydroxylation is 1. The summed E-state index contributed by atoms with van der Waals surface area (Å²) in [5.41, 5.74) is 8.91. The molecule has 2 aromatic rings. The van der Waals surface area contributed by atoms with Gasteiger partial charge >= 0.3 is 0 Å². The van der Waals surface area contributed by atoms with E-state index in [1.54, 1.807) is 11.3 Å². The molecule has 4 nitrogen and oxygen atoms in total. The molecular formula is C14H18N4S. The van der Waals surface area contributed by atoms with Crippen LogP contribution in [-0.2, 0) is 0 Å². The number of nitrogens with two attached hydrogens (primary N) is 1. The van der Waals surface area contributed by atoms with Gasteiger partial charge in [-0.1, -0.05) is 0 Å². The van der Waals surface area contributed by atoms with Crippen molar-refractivity contribution in [3.05, 3.63) is 35.3 Å². The van der Waals surface area contributed by atoms with Crippen LogP contribution in [0.5, 0.6) is 0 Å². The van der Waals surface area contributed by atoms with E-state index in [0.717, 1.165) is 42.7 Å². The highest BCUT2D eigenvalue weighted by Crippen LogP contribution is 2.23. The van der Waals surface area contributed by atoms with Crippen LogP contribution in [0.1, 0.15) is 5.69 Å². The predicted octanol–water partition coefficient (Wildman–Crippen LogP) is 2.36. The summed E-state index contributed by atoms with van der Waals surface area (Å²) in [6.45, 7) is 6.16. The van der Waals surface area contributed by atoms with Gasteiger partial charge in [-0.15, -0.1) is 11.3 Å². The van der Waals surface area contributed by atoms with Crippen molar-refractivity contribution in [1.82, 2.24) is 4.98 Å². The molecule has 0 bridgehead atoms. The van der Waals surface area contributed by atoms with Gasteiger partial charge in [-0.3, -0.25) is 0 Å². The van der Waals surface area contributed by atoms with Gasteiger partial charge in [-0.2, -0.15) is 0 Å². The van der Waals surface area contributed by atoms with Crippen LogP contribution in [-0.4, -0.2) is 31.2 Å². The number of nitrogens with zero attached hydrogens (tertiary/aromatic N) is 3. The molecule has 2 heterocycles. The van der Waals surface area contributed by atoms with Gasteiger partial charge in [0.25, 0.3) is 0 Å². The first kappa shape index (κ1) is 12.3. The Labute approximate surface area is 117 Å². The van der Waals surface area contributed by atoms with Crippen LogP contribution >= 0.6 is 11.3 Å². The minimum atomic E-state index is 0.820. The molecule has 1 fully saturated rings. The minimum Gasteiger partial charge on any atom is -0.399 e. The van der Waals surface area contributed by atoms with E-state index in [0.29, 0.717) is 0 Å². The fourth-order valence-corrected chi connectivity index (χ4v) is 3.18. The lowest BCUT2D eigenvalue weighted by Gasteiger charge is -2.36. The fourth-order valence-electron chi connectivity index (χ4n) is 2.33. The fraction of sp³-hybridized carbons (Fsp3) is 0.357. The first-order chi connectivity index (χ1) is 9.22. The maximum atomic E-state index is 5.72.